The van der Waals surface area contributed by atoms with Gasteiger partial charge in [0, 0.05) is 30.9 Å². The molecule has 0 unspecified atom stereocenters. The number of hydrogen-bond donors (Lipinski definition) is 2. The molecule has 0 saturated heterocycles. The molecular weight excluding hydrogens is 264 g/mol. The molecule has 2 rings (SSSR count). The molecule has 0 atom stereocenters. The van der Waals surface area contributed by atoms with Crippen LogP contribution in [0, 0.1) is 0 Å². The second-order valence-corrected chi connectivity index (χ2v) is 5.94. The predicted molar refractivity (Wildman–Crippen MR) is 84.6 cm³/mol. The van der Waals surface area contributed by atoms with Crippen molar-refractivity contribution in [2.75, 3.05) is 11.9 Å². The van der Waals surface area contributed by atoms with E-state index in [1.807, 2.05) is 36.5 Å². The molecule has 1 amide bonds. The molecule has 0 aliphatic carbocycles. The van der Waals surface area contributed by atoms with Gasteiger partial charge in [0.05, 0.1) is 11.4 Å². The minimum absolute atomic E-state index is 0.00800. The van der Waals surface area contributed by atoms with Crippen LogP contribution in [0.1, 0.15) is 27.2 Å². The van der Waals surface area contributed by atoms with Crippen LogP contribution in [0.2, 0.25) is 0 Å². The molecule has 2 N–H and O–H groups in total. The zero-order chi connectivity index (χ0) is 15.3. The highest BCUT2D eigenvalue weighted by Gasteiger charge is 2.11. The summed E-state index contributed by atoms with van der Waals surface area (Å²) in [5.41, 5.74) is 1.65. The average Bonchev–Trinajstić information content (AvgIpc) is 2.91. The lowest BCUT2D eigenvalue weighted by molar-refractivity contribution is -0.116. The van der Waals surface area contributed by atoms with Crippen molar-refractivity contribution >= 4 is 11.6 Å². The third-order valence-corrected chi connectivity index (χ3v) is 2.94. The van der Waals surface area contributed by atoms with Gasteiger partial charge in [-0.3, -0.25) is 4.79 Å². The van der Waals surface area contributed by atoms with E-state index in [9.17, 15) is 4.79 Å². The highest BCUT2D eigenvalue weighted by molar-refractivity contribution is 5.92. The molecule has 5 nitrogen and oxygen atoms in total. The Morgan fingerprint density at radius 2 is 2.00 bits per heavy atom. The van der Waals surface area contributed by atoms with E-state index in [0.717, 1.165) is 11.4 Å². The van der Waals surface area contributed by atoms with Crippen LogP contribution in [0.5, 0.6) is 0 Å². The van der Waals surface area contributed by atoms with Crippen molar-refractivity contribution in [1.82, 2.24) is 15.1 Å². The van der Waals surface area contributed by atoms with Crippen LogP contribution in [0.3, 0.4) is 0 Å². The number of nitrogens with one attached hydrogen (secondary N) is 2. The van der Waals surface area contributed by atoms with Crippen molar-refractivity contribution in [3.8, 4) is 5.69 Å². The van der Waals surface area contributed by atoms with Crippen molar-refractivity contribution in [2.45, 2.75) is 32.7 Å². The summed E-state index contributed by atoms with van der Waals surface area (Å²) in [4.78, 5) is 12.0. The summed E-state index contributed by atoms with van der Waals surface area (Å²) in [6, 6.07) is 9.48. The van der Waals surface area contributed by atoms with Gasteiger partial charge in [0.1, 0.15) is 0 Å². The Kier molecular flexibility index (Phi) is 4.75. The highest BCUT2D eigenvalue weighted by atomic mass is 16.1. The molecule has 5 heteroatoms. The Hall–Kier alpha value is -2.14. The molecule has 0 radical (unpaired) electrons. The molecule has 21 heavy (non-hydrogen) atoms. The molecule has 0 fully saturated rings. The maximum atomic E-state index is 12.0. The summed E-state index contributed by atoms with van der Waals surface area (Å²) in [5.74, 6) is -0.00800. The number of anilines is 1. The molecule has 0 aliphatic rings. The third kappa shape index (κ3) is 4.72. The van der Waals surface area contributed by atoms with Gasteiger partial charge in [-0.15, -0.1) is 0 Å². The first kappa shape index (κ1) is 15.3. The monoisotopic (exact) mass is 286 g/mol. The maximum Gasteiger partial charge on any atom is 0.225 e. The largest absolute Gasteiger partial charge is 0.324 e. The first-order chi connectivity index (χ1) is 9.96. The van der Waals surface area contributed by atoms with Gasteiger partial charge in [-0.05, 0) is 39.0 Å². The van der Waals surface area contributed by atoms with Crippen LogP contribution in [-0.2, 0) is 4.79 Å². The van der Waals surface area contributed by atoms with Crippen molar-refractivity contribution in [3.05, 3.63) is 42.7 Å². The number of carbonyl (C=O) groups excluding carboxylic acids is 1. The number of rotatable bonds is 5. The number of aromatic nitrogens is 2. The zero-order valence-electron chi connectivity index (χ0n) is 12.8. The molecule has 0 bridgehead atoms. The van der Waals surface area contributed by atoms with E-state index in [1.54, 1.807) is 10.9 Å². The fraction of sp³-hybridized carbons (Fsp3) is 0.375. The lowest BCUT2D eigenvalue weighted by Gasteiger charge is -2.20. The summed E-state index contributed by atoms with van der Waals surface area (Å²) in [6.45, 7) is 6.90. The maximum absolute atomic E-state index is 12.0. The first-order valence-corrected chi connectivity index (χ1v) is 7.10. The number of carbonyl (C=O) groups is 1. The van der Waals surface area contributed by atoms with Gasteiger partial charge in [-0.25, -0.2) is 4.68 Å². The van der Waals surface area contributed by atoms with Gasteiger partial charge in [0.25, 0.3) is 0 Å². The van der Waals surface area contributed by atoms with Gasteiger partial charge >= 0.3 is 0 Å². The summed E-state index contributed by atoms with van der Waals surface area (Å²) >= 11 is 0. The van der Waals surface area contributed by atoms with Gasteiger partial charge in [-0.2, -0.15) is 5.10 Å². The van der Waals surface area contributed by atoms with Crippen molar-refractivity contribution in [1.29, 1.82) is 0 Å². The SMILES string of the molecule is CC(C)(C)NCCC(=O)Nc1ccccc1-n1cccn1. The standard InChI is InChI=1S/C16H22N4O/c1-16(2,3)17-11-9-15(21)19-13-7-4-5-8-14(13)20-12-6-10-18-20/h4-8,10,12,17H,9,11H2,1-3H3,(H,19,21). The fourth-order valence-electron chi connectivity index (χ4n) is 1.95. The minimum Gasteiger partial charge on any atom is -0.324 e. The minimum atomic E-state index is -0.00800. The van der Waals surface area contributed by atoms with Crippen LogP contribution in [0.4, 0.5) is 5.69 Å². The second-order valence-electron chi connectivity index (χ2n) is 5.94. The molecule has 2 aromatic rings. The lowest BCUT2D eigenvalue weighted by atomic mass is 10.1. The Morgan fingerprint density at radius 3 is 2.67 bits per heavy atom. The van der Waals surface area contributed by atoms with E-state index in [4.69, 9.17) is 0 Å². The number of nitrogens with zero attached hydrogens (tertiary/aromatic N) is 2. The Morgan fingerprint density at radius 1 is 1.24 bits per heavy atom. The molecule has 1 heterocycles. The normalized spacial score (nSPS) is 11.4. The van der Waals surface area contributed by atoms with Crippen LogP contribution < -0.4 is 10.6 Å². The Bertz CT molecular complexity index is 585. The van der Waals surface area contributed by atoms with Crippen molar-refractivity contribution in [2.24, 2.45) is 0 Å². The number of hydrogen-bond acceptors (Lipinski definition) is 3. The number of para-hydroxylation sites is 2. The van der Waals surface area contributed by atoms with Crippen LogP contribution in [0.15, 0.2) is 42.7 Å². The quantitative estimate of drug-likeness (QED) is 0.888. The predicted octanol–water partition coefficient (Wildman–Crippen LogP) is 2.59. The summed E-state index contributed by atoms with van der Waals surface area (Å²) < 4.78 is 1.74. The fourth-order valence-corrected chi connectivity index (χ4v) is 1.95. The molecule has 0 spiro atoms. The number of benzene rings is 1. The van der Waals surface area contributed by atoms with E-state index in [-0.39, 0.29) is 11.4 Å². The molecule has 0 saturated carbocycles. The van der Waals surface area contributed by atoms with E-state index in [1.165, 1.54) is 0 Å². The molecule has 1 aromatic carbocycles. The molecule has 112 valence electrons. The van der Waals surface area contributed by atoms with E-state index in [0.29, 0.717) is 13.0 Å². The van der Waals surface area contributed by atoms with Crippen LogP contribution >= 0.6 is 0 Å². The van der Waals surface area contributed by atoms with Gasteiger partial charge in [0.2, 0.25) is 5.91 Å². The zero-order valence-corrected chi connectivity index (χ0v) is 12.8. The first-order valence-electron chi connectivity index (χ1n) is 7.10. The molecular formula is C16H22N4O. The van der Waals surface area contributed by atoms with Gasteiger partial charge in [-0.1, -0.05) is 12.1 Å². The van der Waals surface area contributed by atoms with Crippen molar-refractivity contribution < 1.29 is 4.79 Å². The summed E-state index contributed by atoms with van der Waals surface area (Å²) in [7, 11) is 0. The summed E-state index contributed by atoms with van der Waals surface area (Å²) in [6.07, 6.45) is 4.00. The third-order valence-electron chi connectivity index (χ3n) is 2.94. The van der Waals surface area contributed by atoms with E-state index in [2.05, 4.69) is 36.5 Å². The highest BCUT2D eigenvalue weighted by Crippen LogP contribution is 2.19. The van der Waals surface area contributed by atoms with Gasteiger partial charge in [0.15, 0.2) is 0 Å². The topological polar surface area (TPSA) is 59.0 Å². The second kappa shape index (κ2) is 6.54. The number of amides is 1. The van der Waals surface area contributed by atoms with E-state index >= 15 is 0 Å². The van der Waals surface area contributed by atoms with Gasteiger partial charge < -0.3 is 10.6 Å². The Balaban J connectivity index is 1.99. The van der Waals surface area contributed by atoms with Crippen LogP contribution in [0.25, 0.3) is 5.69 Å². The van der Waals surface area contributed by atoms with Crippen LogP contribution in [-0.4, -0.2) is 27.8 Å². The van der Waals surface area contributed by atoms with E-state index < -0.39 is 0 Å². The smallest absolute Gasteiger partial charge is 0.225 e. The lowest BCUT2D eigenvalue weighted by Crippen LogP contribution is -2.37. The Labute approximate surface area is 125 Å². The molecule has 1 aromatic heterocycles. The van der Waals surface area contributed by atoms with Crippen molar-refractivity contribution in [3.63, 3.8) is 0 Å². The molecule has 0 aliphatic heterocycles. The summed E-state index contributed by atoms with van der Waals surface area (Å²) in [5, 5.41) is 10.4. The average molecular weight is 286 g/mol.